The molecule has 0 saturated carbocycles. The van der Waals surface area contributed by atoms with Crippen LogP contribution in [0.15, 0.2) is 17.9 Å². The minimum Gasteiger partial charge on any atom is -0.464 e. The van der Waals surface area contributed by atoms with Crippen LogP contribution < -0.4 is 0 Å². The summed E-state index contributed by atoms with van der Waals surface area (Å²) in [5, 5.41) is 0. The molecule has 0 saturated heterocycles. The maximum atomic E-state index is 12.9. The van der Waals surface area contributed by atoms with Crippen LogP contribution in [0.1, 0.15) is 31.9 Å². The van der Waals surface area contributed by atoms with Gasteiger partial charge in [-0.3, -0.25) is 4.79 Å². The summed E-state index contributed by atoms with van der Waals surface area (Å²) >= 11 is 14.0. The Balaban J connectivity index is 2.79. The lowest BCUT2D eigenvalue weighted by Gasteiger charge is -2.43. The van der Waals surface area contributed by atoms with Gasteiger partial charge in [-0.1, -0.05) is 0 Å². The lowest BCUT2D eigenvalue weighted by atomic mass is 9.82. The van der Waals surface area contributed by atoms with Crippen molar-refractivity contribution in [2.24, 2.45) is 0 Å². The summed E-state index contributed by atoms with van der Waals surface area (Å²) < 4.78 is 13.3. The van der Waals surface area contributed by atoms with Crippen molar-refractivity contribution in [3.63, 3.8) is 0 Å². The highest BCUT2D eigenvalue weighted by molar-refractivity contribution is 9.15. The Labute approximate surface area is 190 Å². The van der Waals surface area contributed by atoms with E-state index in [1.165, 1.54) is 11.8 Å². The number of ether oxygens (including phenoxy) is 2. The fraction of sp³-hybridized carbons (Fsp3) is 0.471. The Morgan fingerprint density at radius 1 is 0.889 bits per heavy atom. The van der Waals surface area contributed by atoms with Crippen LogP contribution in [-0.4, -0.2) is 41.5 Å². The highest BCUT2D eigenvalue weighted by Crippen LogP contribution is 2.47. The lowest BCUT2D eigenvalue weighted by molar-refractivity contribution is -0.180. The SMILES string of the molecule is CCOC(=O)C1(C(=O)OCC)Cc2c(Br)c(Br)c(Br)c(Br)c2CN1C(C)=O. The molecule has 0 aliphatic carbocycles. The molecular formula is C17H17Br4NO5. The molecule has 0 spiro atoms. The highest BCUT2D eigenvalue weighted by atomic mass is 79.9. The van der Waals surface area contributed by atoms with Crippen molar-refractivity contribution >= 4 is 81.6 Å². The van der Waals surface area contributed by atoms with Crippen molar-refractivity contribution in [2.45, 2.75) is 39.3 Å². The Bertz CT molecular complexity index is 793. The third-order valence-corrected chi connectivity index (χ3v) is 9.22. The van der Waals surface area contributed by atoms with E-state index in [4.69, 9.17) is 9.47 Å². The average molecular weight is 635 g/mol. The van der Waals surface area contributed by atoms with Gasteiger partial charge in [0.1, 0.15) is 0 Å². The molecule has 0 fully saturated rings. The molecule has 6 nitrogen and oxygen atoms in total. The maximum Gasteiger partial charge on any atom is 0.344 e. The zero-order chi connectivity index (χ0) is 20.5. The van der Waals surface area contributed by atoms with Crippen molar-refractivity contribution in [2.75, 3.05) is 13.2 Å². The Morgan fingerprint density at radius 2 is 1.33 bits per heavy atom. The number of halogens is 4. The first kappa shape index (κ1) is 22.8. The van der Waals surface area contributed by atoms with Crippen LogP contribution in [-0.2, 0) is 36.8 Å². The number of benzene rings is 1. The van der Waals surface area contributed by atoms with Crippen molar-refractivity contribution in [1.82, 2.24) is 4.90 Å². The van der Waals surface area contributed by atoms with E-state index in [2.05, 4.69) is 63.7 Å². The zero-order valence-electron chi connectivity index (χ0n) is 14.8. The first-order valence-corrected chi connectivity index (χ1v) is 11.3. The Hall–Kier alpha value is -0.450. The molecule has 1 aromatic carbocycles. The average Bonchev–Trinajstić information content (AvgIpc) is 2.63. The van der Waals surface area contributed by atoms with E-state index in [0.29, 0.717) is 4.47 Å². The van der Waals surface area contributed by atoms with Crippen LogP contribution in [0, 0.1) is 0 Å². The minimum atomic E-state index is -1.87. The molecule has 2 rings (SSSR count). The first-order chi connectivity index (χ1) is 12.6. The number of fused-ring (bicyclic) bond motifs is 1. The van der Waals surface area contributed by atoms with Crippen molar-refractivity contribution in [3.8, 4) is 0 Å². The van der Waals surface area contributed by atoms with E-state index in [0.717, 1.165) is 24.5 Å². The van der Waals surface area contributed by atoms with Crippen molar-refractivity contribution in [1.29, 1.82) is 0 Å². The van der Waals surface area contributed by atoms with E-state index in [-0.39, 0.29) is 26.2 Å². The molecule has 1 aromatic rings. The zero-order valence-corrected chi connectivity index (χ0v) is 21.2. The normalized spacial score (nSPS) is 15.1. The fourth-order valence-corrected chi connectivity index (χ4v) is 5.59. The van der Waals surface area contributed by atoms with Gasteiger partial charge in [0.2, 0.25) is 11.4 Å². The molecule has 0 aromatic heterocycles. The maximum absolute atomic E-state index is 12.9. The second-order valence-electron chi connectivity index (χ2n) is 5.80. The van der Waals surface area contributed by atoms with Gasteiger partial charge in [0.25, 0.3) is 0 Å². The molecule has 10 heteroatoms. The largest absolute Gasteiger partial charge is 0.464 e. The van der Waals surface area contributed by atoms with E-state index in [1.807, 2.05) is 0 Å². The monoisotopic (exact) mass is 631 g/mol. The van der Waals surface area contributed by atoms with Gasteiger partial charge < -0.3 is 14.4 Å². The van der Waals surface area contributed by atoms with Gasteiger partial charge in [0.05, 0.1) is 13.2 Å². The minimum absolute atomic E-state index is 0.0490. The number of esters is 2. The number of rotatable bonds is 4. The molecule has 0 radical (unpaired) electrons. The predicted molar refractivity (Wildman–Crippen MR) is 113 cm³/mol. The lowest BCUT2D eigenvalue weighted by Crippen LogP contribution is -2.65. The summed E-state index contributed by atoms with van der Waals surface area (Å²) in [4.78, 5) is 39.6. The van der Waals surface area contributed by atoms with Gasteiger partial charge in [0, 0.05) is 37.8 Å². The smallest absolute Gasteiger partial charge is 0.344 e. The Morgan fingerprint density at radius 3 is 1.74 bits per heavy atom. The predicted octanol–water partition coefficient (Wildman–Crippen LogP) is 4.51. The molecule has 1 amide bonds. The summed E-state index contributed by atoms with van der Waals surface area (Å²) in [6.45, 7) is 4.81. The van der Waals surface area contributed by atoms with E-state index < -0.39 is 23.4 Å². The summed E-state index contributed by atoms with van der Waals surface area (Å²) in [7, 11) is 0. The van der Waals surface area contributed by atoms with Gasteiger partial charge in [-0.2, -0.15) is 0 Å². The summed E-state index contributed by atoms with van der Waals surface area (Å²) in [6, 6.07) is 0. The molecular weight excluding hydrogens is 618 g/mol. The molecule has 1 aliphatic rings. The number of hydrogen-bond donors (Lipinski definition) is 0. The van der Waals surface area contributed by atoms with Crippen LogP contribution in [0.25, 0.3) is 0 Å². The quantitative estimate of drug-likeness (QED) is 0.211. The number of carbonyl (C=O) groups is 3. The second kappa shape index (κ2) is 8.92. The molecule has 0 N–H and O–H groups in total. The summed E-state index contributed by atoms with van der Waals surface area (Å²) in [6.07, 6.45) is -0.0648. The van der Waals surface area contributed by atoms with Gasteiger partial charge in [-0.05, 0) is 88.7 Å². The van der Waals surface area contributed by atoms with Crippen LogP contribution in [0.4, 0.5) is 0 Å². The van der Waals surface area contributed by atoms with Gasteiger partial charge >= 0.3 is 11.9 Å². The topological polar surface area (TPSA) is 72.9 Å². The molecule has 1 aliphatic heterocycles. The fourth-order valence-electron chi connectivity index (χ4n) is 3.05. The standard InChI is InChI=1S/C17H17Br4NO5/c1-4-26-15(24)17(16(25)27-5-2)6-9-10(7-22(17)8(3)23)12(19)14(21)13(20)11(9)18/h4-7H2,1-3H3. The van der Waals surface area contributed by atoms with Gasteiger partial charge in [-0.15, -0.1) is 0 Å². The summed E-state index contributed by atoms with van der Waals surface area (Å²) in [5.41, 5.74) is -0.369. The Kier molecular flexibility index (Phi) is 7.54. The second-order valence-corrected chi connectivity index (χ2v) is 8.97. The van der Waals surface area contributed by atoms with Crippen LogP contribution in [0.2, 0.25) is 0 Å². The first-order valence-electron chi connectivity index (χ1n) is 8.09. The third kappa shape index (κ3) is 3.86. The van der Waals surface area contributed by atoms with Crippen LogP contribution in [0.5, 0.6) is 0 Å². The third-order valence-electron chi connectivity index (χ3n) is 4.29. The van der Waals surface area contributed by atoms with Crippen molar-refractivity contribution < 1.29 is 23.9 Å². The van der Waals surface area contributed by atoms with Crippen LogP contribution >= 0.6 is 63.7 Å². The number of nitrogens with zero attached hydrogens (tertiary/aromatic N) is 1. The number of carbonyl (C=O) groups excluding carboxylic acids is 3. The number of hydrogen-bond acceptors (Lipinski definition) is 5. The van der Waals surface area contributed by atoms with Crippen LogP contribution in [0.3, 0.4) is 0 Å². The van der Waals surface area contributed by atoms with E-state index in [9.17, 15) is 14.4 Å². The summed E-state index contributed by atoms with van der Waals surface area (Å²) in [5.74, 6) is -2.03. The molecule has 0 atom stereocenters. The molecule has 27 heavy (non-hydrogen) atoms. The van der Waals surface area contributed by atoms with Crippen molar-refractivity contribution in [3.05, 3.63) is 29.0 Å². The molecule has 148 valence electrons. The molecule has 1 heterocycles. The van der Waals surface area contributed by atoms with Gasteiger partial charge in [0.15, 0.2) is 0 Å². The molecule has 0 bridgehead atoms. The van der Waals surface area contributed by atoms with E-state index in [1.54, 1.807) is 13.8 Å². The molecule has 0 unspecified atom stereocenters. The highest BCUT2D eigenvalue weighted by Gasteiger charge is 2.58. The number of amides is 1. The van der Waals surface area contributed by atoms with Gasteiger partial charge in [-0.25, -0.2) is 9.59 Å². The van der Waals surface area contributed by atoms with E-state index >= 15 is 0 Å².